The fraction of sp³-hybridized carbons (Fsp3) is 1.00. The Bertz CT molecular complexity index is 396. The summed E-state index contributed by atoms with van der Waals surface area (Å²) in [6.07, 6.45) is 0. The Morgan fingerprint density at radius 2 is 1.33 bits per heavy atom. The van der Waals surface area contributed by atoms with Gasteiger partial charge in [-0.25, -0.2) is 14.0 Å². The third-order valence-corrected chi connectivity index (χ3v) is 10.3. The van der Waals surface area contributed by atoms with Crippen LogP contribution in [0.3, 0.4) is 0 Å². The van der Waals surface area contributed by atoms with Crippen molar-refractivity contribution in [3.63, 3.8) is 0 Å². The molecule has 18 heavy (non-hydrogen) atoms. The maximum absolute atomic E-state index is 13.1. The number of hydrogen-bond donors (Lipinski definition) is 0. The highest BCUT2D eigenvalue weighted by molar-refractivity contribution is 7.70. The van der Waals surface area contributed by atoms with Gasteiger partial charge in [-0.1, -0.05) is 0 Å². The summed E-state index contributed by atoms with van der Waals surface area (Å²) in [6, 6.07) is 0. The van der Waals surface area contributed by atoms with E-state index in [1.165, 1.54) is 0 Å². The van der Waals surface area contributed by atoms with Gasteiger partial charge in [-0.05, 0) is 56.4 Å². The first-order valence-corrected chi connectivity index (χ1v) is 8.96. The standard InChI is InChI=1S/C9H26N6OP2/c1-11(2)17(12(3)4)10-18(16,13(5)6)15(8)9-14(17)7/h9H2,1-8H3. The number of nitrogens with zero attached hydrogens (tertiary/aromatic N) is 6. The van der Waals surface area contributed by atoms with Gasteiger partial charge in [0.2, 0.25) is 0 Å². The van der Waals surface area contributed by atoms with E-state index in [-0.39, 0.29) is 0 Å². The van der Waals surface area contributed by atoms with Gasteiger partial charge in [0.05, 0.1) is 6.67 Å². The van der Waals surface area contributed by atoms with Gasteiger partial charge in [0.15, 0.2) is 7.51 Å². The summed E-state index contributed by atoms with van der Waals surface area (Å²) in [5.74, 6) is 0. The highest BCUT2D eigenvalue weighted by Gasteiger charge is 2.44. The number of rotatable bonds is 3. The Morgan fingerprint density at radius 3 is 1.67 bits per heavy atom. The molecule has 0 N–H and O–H groups in total. The van der Waals surface area contributed by atoms with Gasteiger partial charge in [0, 0.05) is 0 Å². The topological polar surface area (TPSA) is 45.6 Å². The van der Waals surface area contributed by atoms with E-state index in [0.717, 1.165) is 0 Å². The first-order chi connectivity index (χ1) is 8.09. The van der Waals surface area contributed by atoms with Crippen LogP contribution in [-0.4, -0.2) is 86.4 Å². The van der Waals surface area contributed by atoms with Crippen molar-refractivity contribution in [3.8, 4) is 0 Å². The molecule has 1 atom stereocenters. The molecule has 0 aliphatic carbocycles. The Kier molecular flexibility index (Phi) is 4.83. The van der Waals surface area contributed by atoms with Gasteiger partial charge >= 0.3 is 7.59 Å². The van der Waals surface area contributed by atoms with Crippen LogP contribution in [0, 0.1) is 0 Å². The average molecular weight is 296 g/mol. The van der Waals surface area contributed by atoms with E-state index in [2.05, 4.69) is 14.0 Å². The summed E-state index contributed by atoms with van der Waals surface area (Å²) in [5, 5.41) is 0. The molecule has 0 aromatic heterocycles. The zero-order valence-electron chi connectivity index (χ0n) is 12.7. The van der Waals surface area contributed by atoms with Gasteiger partial charge in [-0.15, -0.1) is 0 Å². The van der Waals surface area contributed by atoms with Crippen LogP contribution in [0.4, 0.5) is 0 Å². The quantitative estimate of drug-likeness (QED) is 0.737. The van der Waals surface area contributed by atoms with Crippen molar-refractivity contribution in [2.24, 2.45) is 4.52 Å². The second-order valence-electron chi connectivity index (χ2n) is 5.14. The van der Waals surface area contributed by atoms with Crippen LogP contribution < -0.4 is 0 Å². The predicted molar refractivity (Wildman–Crippen MR) is 78.4 cm³/mol. The lowest BCUT2D eigenvalue weighted by atomic mass is 11.0. The number of hydrogen-bond acceptors (Lipinski definition) is 4. The zero-order chi connectivity index (χ0) is 14.3. The van der Waals surface area contributed by atoms with Gasteiger partial charge in [-0.2, -0.15) is 4.52 Å². The molecule has 1 aliphatic rings. The van der Waals surface area contributed by atoms with E-state index in [1.807, 2.05) is 61.1 Å². The molecule has 0 saturated heterocycles. The summed E-state index contributed by atoms with van der Waals surface area (Å²) in [4.78, 5) is 0. The molecular formula is C9H26N6OP2. The van der Waals surface area contributed by atoms with Crippen LogP contribution in [0.5, 0.6) is 0 Å². The fourth-order valence-electron chi connectivity index (χ4n) is 2.27. The molecule has 1 aliphatic heterocycles. The van der Waals surface area contributed by atoms with Crippen molar-refractivity contribution in [1.82, 2.24) is 23.4 Å². The fourth-order valence-corrected chi connectivity index (χ4v) is 9.89. The Balaban J connectivity index is 3.53. The predicted octanol–water partition coefficient (Wildman–Crippen LogP) is 1.56. The van der Waals surface area contributed by atoms with Crippen molar-refractivity contribution in [1.29, 1.82) is 0 Å². The third kappa shape index (κ3) is 2.34. The first-order valence-electron chi connectivity index (χ1n) is 5.79. The first kappa shape index (κ1) is 16.3. The van der Waals surface area contributed by atoms with E-state index in [9.17, 15) is 4.57 Å². The summed E-state index contributed by atoms with van der Waals surface area (Å²) in [5.41, 5.74) is 0. The van der Waals surface area contributed by atoms with Crippen LogP contribution in [0.15, 0.2) is 4.52 Å². The molecule has 0 aromatic carbocycles. The molecule has 0 aromatic rings. The molecule has 0 saturated carbocycles. The van der Waals surface area contributed by atoms with Crippen molar-refractivity contribution in [3.05, 3.63) is 0 Å². The second kappa shape index (κ2) is 5.33. The minimum absolute atomic E-state index is 0.642. The molecule has 0 radical (unpaired) electrons. The SMILES string of the molecule is CN(C)P1(=O)N=P(N(C)C)(N(C)C)N(C)CN1C. The summed E-state index contributed by atoms with van der Waals surface area (Å²) < 4.78 is 27.8. The lowest BCUT2D eigenvalue weighted by molar-refractivity contribution is 0.303. The van der Waals surface area contributed by atoms with Crippen molar-refractivity contribution in [2.45, 2.75) is 0 Å². The van der Waals surface area contributed by atoms with Gasteiger partial charge in [0.1, 0.15) is 0 Å². The highest BCUT2D eigenvalue weighted by Crippen LogP contribution is 2.70. The summed E-state index contributed by atoms with van der Waals surface area (Å²) in [6.45, 7) is 0.642. The maximum Gasteiger partial charge on any atom is 0.331 e. The third-order valence-electron chi connectivity index (χ3n) is 3.14. The van der Waals surface area contributed by atoms with Crippen LogP contribution in [0.2, 0.25) is 0 Å². The molecule has 1 rings (SSSR count). The molecule has 108 valence electrons. The van der Waals surface area contributed by atoms with Crippen molar-refractivity contribution < 1.29 is 4.57 Å². The van der Waals surface area contributed by atoms with Crippen molar-refractivity contribution >= 4 is 15.1 Å². The summed E-state index contributed by atoms with van der Waals surface area (Å²) in [7, 11) is 10.7. The normalized spacial score (nSPS) is 30.2. The Morgan fingerprint density at radius 1 is 0.889 bits per heavy atom. The van der Waals surface area contributed by atoms with Gasteiger partial charge in [-0.3, -0.25) is 13.9 Å². The van der Waals surface area contributed by atoms with Crippen LogP contribution in [0.25, 0.3) is 0 Å². The lowest BCUT2D eigenvalue weighted by Gasteiger charge is -2.49. The van der Waals surface area contributed by atoms with E-state index in [4.69, 9.17) is 4.52 Å². The lowest BCUT2D eigenvalue weighted by Crippen LogP contribution is -2.42. The Labute approximate surface area is 111 Å². The zero-order valence-corrected chi connectivity index (χ0v) is 14.5. The molecule has 0 bridgehead atoms. The van der Waals surface area contributed by atoms with E-state index in [1.54, 1.807) is 4.67 Å². The monoisotopic (exact) mass is 296 g/mol. The highest BCUT2D eigenvalue weighted by atomic mass is 31.2. The Hall–Kier alpha value is 0.260. The molecule has 1 unspecified atom stereocenters. The van der Waals surface area contributed by atoms with Gasteiger partial charge in [0.25, 0.3) is 0 Å². The average Bonchev–Trinajstić information content (AvgIpc) is 2.22. The molecular weight excluding hydrogens is 270 g/mol. The largest absolute Gasteiger partial charge is 0.331 e. The smallest absolute Gasteiger partial charge is 0.262 e. The molecule has 0 spiro atoms. The van der Waals surface area contributed by atoms with E-state index >= 15 is 0 Å². The maximum atomic E-state index is 13.1. The molecule has 7 nitrogen and oxygen atoms in total. The summed E-state index contributed by atoms with van der Waals surface area (Å²) >= 11 is 0. The van der Waals surface area contributed by atoms with E-state index < -0.39 is 15.1 Å². The second-order valence-corrected chi connectivity index (χ2v) is 11.7. The van der Waals surface area contributed by atoms with Gasteiger partial charge < -0.3 is 0 Å². The minimum Gasteiger partial charge on any atom is -0.262 e. The molecule has 0 amide bonds. The molecule has 9 heteroatoms. The van der Waals surface area contributed by atoms with Crippen LogP contribution in [0.1, 0.15) is 0 Å². The molecule has 0 fully saturated rings. The van der Waals surface area contributed by atoms with Crippen LogP contribution in [-0.2, 0) is 4.57 Å². The van der Waals surface area contributed by atoms with E-state index in [0.29, 0.717) is 6.67 Å². The van der Waals surface area contributed by atoms with Crippen LogP contribution >= 0.6 is 15.1 Å². The van der Waals surface area contributed by atoms with Crippen molar-refractivity contribution in [2.75, 3.05) is 63.1 Å². The molecule has 1 heterocycles. The minimum atomic E-state index is -2.83.